The number of rotatable bonds is 5. The van der Waals surface area contributed by atoms with E-state index in [0.717, 1.165) is 21.4 Å². The van der Waals surface area contributed by atoms with Gasteiger partial charge in [0.25, 0.3) is 0 Å². The van der Waals surface area contributed by atoms with Gasteiger partial charge >= 0.3 is 0 Å². The second-order valence-electron chi connectivity index (χ2n) is 4.27. The van der Waals surface area contributed by atoms with Gasteiger partial charge in [-0.25, -0.2) is 4.98 Å². The first-order valence-corrected chi connectivity index (χ1v) is 7.39. The Morgan fingerprint density at radius 1 is 1.32 bits per heavy atom. The number of hydrogen-bond acceptors (Lipinski definition) is 3. The molecule has 4 heteroatoms. The van der Waals surface area contributed by atoms with Crippen LogP contribution in [0.15, 0.2) is 42.6 Å². The molecule has 0 saturated carbocycles. The van der Waals surface area contributed by atoms with Gasteiger partial charge in [-0.3, -0.25) is 0 Å². The van der Waals surface area contributed by atoms with Crippen LogP contribution in [0.3, 0.4) is 0 Å². The molecule has 0 spiro atoms. The van der Waals surface area contributed by atoms with Crippen LogP contribution in [-0.2, 0) is 0 Å². The molecule has 1 N–H and O–H groups in total. The topological polar surface area (TPSA) is 34.1 Å². The zero-order valence-corrected chi connectivity index (χ0v) is 13.2. The van der Waals surface area contributed by atoms with E-state index in [-0.39, 0.29) is 0 Å². The average Bonchev–Trinajstić information content (AvgIpc) is 2.40. The molecule has 1 heterocycles. The van der Waals surface area contributed by atoms with Crippen molar-refractivity contribution in [2.24, 2.45) is 0 Å². The lowest BCUT2D eigenvalue weighted by molar-refractivity contribution is 0.461. The van der Waals surface area contributed by atoms with Crippen molar-refractivity contribution in [3.63, 3.8) is 0 Å². The van der Waals surface area contributed by atoms with Gasteiger partial charge in [-0.1, -0.05) is 19.1 Å². The van der Waals surface area contributed by atoms with E-state index in [0.29, 0.717) is 11.9 Å². The van der Waals surface area contributed by atoms with Gasteiger partial charge in [0.2, 0.25) is 5.88 Å². The highest BCUT2D eigenvalue weighted by molar-refractivity contribution is 14.1. The van der Waals surface area contributed by atoms with Gasteiger partial charge in [0.15, 0.2) is 0 Å². The Morgan fingerprint density at radius 3 is 2.79 bits per heavy atom. The molecule has 1 unspecified atom stereocenters. The Balaban J connectivity index is 2.06. The molecule has 2 rings (SSSR count). The quantitative estimate of drug-likeness (QED) is 0.806. The summed E-state index contributed by atoms with van der Waals surface area (Å²) in [6.45, 7) is 5.17. The van der Waals surface area contributed by atoms with Crippen LogP contribution < -0.4 is 10.1 Å². The number of nitrogens with zero attached hydrogens (tertiary/aromatic N) is 1. The molecule has 2 aromatic rings. The number of ether oxygens (including phenoxy) is 1. The average molecular weight is 368 g/mol. The van der Waals surface area contributed by atoms with E-state index in [1.165, 1.54) is 0 Å². The molecule has 19 heavy (non-hydrogen) atoms. The first-order valence-electron chi connectivity index (χ1n) is 6.32. The zero-order chi connectivity index (χ0) is 13.7. The number of halogens is 1. The summed E-state index contributed by atoms with van der Waals surface area (Å²) in [6.07, 6.45) is 1.86. The van der Waals surface area contributed by atoms with Gasteiger partial charge in [-0.2, -0.15) is 0 Å². The minimum absolute atomic E-state index is 0.309. The van der Waals surface area contributed by atoms with Gasteiger partial charge in [0.05, 0.1) is 0 Å². The van der Waals surface area contributed by atoms with Crippen molar-refractivity contribution in [2.45, 2.75) is 19.9 Å². The summed E-state index contributed by atoms with van der Waals surface area (Å²) in [7, 11) is 0. The number of hydrogen-bond donors (Lipinski definition) is 1. The first-order chi connectivity index (χ1) is 9.19. The highest BCUT2D eigenvalue weighted by atomic mass is 127. The number of pyridine rings is 1. The lowest BCUT2D eigenvalue weighted by Crippen LogP contribution is -2.17. The van der Waals surface area contributed by atoms with E-state index in [1.54, 1.807) is 0 Å². The lowest BCUT2D eigenvalue weighted by atomic mass is 10.1. The molecule has 100 valence electrons. The SMILES string of the molecule is CCNC(C)c1ccc(Oc2cccc(I)c2)nc1. The van der Waals surface area contributed by atoms with Crippen LogP contribution >= 0.6 is 22.6 Å². The molecule has 0 aliphatic rings. The normalized spacial score (nSPS) is 12.2. The van der Waals surface area contributed by atoms with E-state index in [4.69, 9.17) is 4.74 Å². The summed E-state index contributed by atoms with van der Waals surface area (Å²) in [6, 6.07) is 12.2. The van der Waals surface area contributed by atoms with Crippen molar-refractivity contribution in [3.05, 3.63) is 51.7 Å². The minimum atomic E-state index is 0.309. The summed E-state index contributed by atoms with van der Waals surface area (Å²) in [5.41, 5.74) is 1.16. The third-order valence-corrected chi connectivity index (χ3v) is 3.46. The van der Waals surface area contributed by atoms with E-state index in [1.807, 2.05) is 42.6 Å². The van der Waals surface area contributed by atoms with Crippen molar-refractivity contribution >= 4 is 22.6 Å². The third-order valence-electron chi connectivity index (χ3n) is 2.79. The van der Waals surface area contributed by atoms with E-state index in [9.17, 15) is 0 Å². The summed E-state index contributed by atoms with van der Waals surface area (Å²) < 4.78 is 6.86. The second kappa shape index (κ2) is 6.86. The van der Waals surface area contributed by atoms with Gasteiger partial charge in [-0.15, -0.1) is 0 Å². The molecule has 1 aromatic carbocycles. The molecule has 0 amide bonds. The van der Waals surface area contributed by atoms with Crippen LogP contribution in [0.4, 0.5) is 0 Å². The predicted molar refractivity (Wildman–Crippen MR) is 85.6 cm³/mol. The Kier molecular flexibility index (Phi) is 5.15. The first kappa shape index (κ1) is 14.3. The highest BCUT2D eigenvalue weighted by Gasteiger charge is 2.05. The Labute approximate surface area is 127 Å². The van der Waals surface area contributed by atoms with Crippen LogP contribution in [0.2, 0.25) is 0 Å². The van der Waals surface area contributed by atoms with Gasteiger partial charge in [-0.05, 0) is 59.8 Å². The zero-order valence-electron chi connectivity index (χ0n) is 11.1. The minimum Gasteiger partial charge on any atom is -0.439 e. The summed E-state index contributed by atoms with van der Waals surface area (Å²) in [5, 5.41) is 3.36. The number of benzene rings is 1. The summed E-state index contributed by atoms with van der Waals surface area (Å²) in [5.74, 6) is 1.43. The fourth-order valence-electron chi connectivity index (χ4n) is 1.78. The molecule has 0 bridgehead atoms. The number of nitrogens with one attached hydrogen (secondary N) is 1. The molecule has 0 aliphatic heterocycles. The maximum atomic E-state index is 5.72. The standard InChI is InChI=1S/C15H17IN2O/c1-3-17-11(2)12-7-8-15(18-10-12)19-14-6-4-5-13(16)9-14/h4-11,17H,3H2,1-2H3. The van der Waals surface area contributed by atoms with E-state index in [2.05, 4.69) is 46.7 Å². The Hall–Kier alpha value is -1.14. The van der Waals surface area contributed by atoms with Crippen LogP contribution in [0, 0.1) is 3.57 Å². The van der Waals surface area contributed by atoms with Crippen LogP contribution in [0.5, 0.6) is 11.6 Å². The summed E-state index contributed by atoms with van der Waals surface area (Å²) >= 11 is 2.26. The van der Waals surface area contributed by atoms with Crippen molar-refractivity contribution in [1.82, 2.24) is 10.3 Å². The molecule has 0 radical (unpaired) electrons. The van der Waals surface area contributed by atoms with Gasteiger partial charge in [0, 0.05) is 21.9 Å². The molecular formula is C15H17IN2O. The molecular weight excluding hydrogens is 351 g/mol. The molecule has 0 aliphatic carbocycles. The maximum absolute atomic E-state index is 5.72. The molecule has 0 fully saturated rings. The third kappa shape index (κ3) is 4.18. The van der Waals surface area contributed by atoms with Gasteiger partial charge in [0.1, 0.15) is 5.75 Å². The fourth-order valence-corrected chi connectivity index (χ4v) is 2.30. The van der Waals surface area contributed by atoms with Crippen molar-refractivity contribution in [1.29, 1.82) is 0 Å². The van der Waals surface area contributed by atoms with Crippen molar-refractivity contribution < 1.29 is 4.74 Å². The Bertz CT molecular complexity index is 528. The summed E-state index contributed by atoms with van der Waals surface area (Å²) in [4.78, 5) is 4.34. The predicted octanol–water partition coefficient (Wildman–Crippen LogP) is 4.15. The van der Waals surface area contributed by atoms with E-state index >= 15 is 0 Å². The molecule has 3 nitrogen and oxygen atoms in total. The smallest absolute Gasteiger partial charge is 0.219 e. The second-order valence-corrected chi connectivity index (χ2v) is 5.51. The molecule has 1 aromatic heterocycles. The number of aromatic nitrogens is 1. The van der Waals surface area contributed by atoms with Crippen LogP contribution in [-0.4, -0.2) is 11.5 Å². The van der Waals surface area contributed by atoms with Crippen molar-refractivity contribution in [2.75, 3.05) is 6.54 Å². The van der Waals surface area contributed by atoms with Crippen molar-refractivity contribution in [3.8, 4) is 11.6 Å². The monoisotopic (exact) mass is 368 g/mol. The van der Waals surface area contributed by atoms with E-state index < -0.39 is 0 Å². The van der Waals surface area contributed by atoms with Crippen LogP contribution in [0.1, 0.15) is 25.5 Å². The van der Waals surface area contributed by atoms with Gasteiger partial charge < -0.3 is 10.1 Å². The largest absolute Gasteiger partial charge is 0.439 e. The fraction of sp³-hybridized carbons (Fsp3) is 0.267. The maximum Gasteiger partial charge on any atom is 0.219 e. The Morgan fingerprint density at radius 2 is 2.16 bits per heavy atom. The molecule has 0 saturated heterocycles. The lowest BCUT2D eigenvalue weighted by Gasteiger charge is -2.12. The van der Waals surface area contributed by atoms with Crippen LogP contribution in [0.25, 0.3) is 0 Å². The molecule has 1 atom stereocenters. The highest BCUT2D eigenvalue weighted by Crippen LogP contribution is 2.22.